The molecule has 0 aliphatic heterocycles. The van der Waals surface area contributed by atoms with Gasteiger partial charge in [-0.1, -0.05) is 31.2 Å². The molecule has 2 aromatic rings. The minimum atomic E-state index is -0.146. The summed E-state index contributed by atoms with van der Waals surface area (Å²) < 4.78 is 6.04. The number of rotatable bonds is 5. The summed E-state index contributed by atoms with van der Waals surface area (Å²) in [6.07, 6.45) is 4.18. The Hall–Kier alpha value is -2.07. The summed E-state index contributed by atoms with van der Waals surface area (Å²) in [5, 5.41) is 2.91. The van der Waals surface area contributed by atoms with Gasteiger partial charge in [0.25, 0.3) is 0 Å². The van der Waals surface area contributed by atoms with Crippen LogP contribution in [0.4, 0.5) is 5.69 Å². The van der Waals surface area contributed by atoms with Crippen molar-refractivity contribution in [2.75, 3.05) is 12.4 Å². The third-order valence-electron chi connectivity index (χ3n) is 3.26. The van der Waals surface area contributed by atoms with Gasteiger partial charge in [0.2, 0.25) is 5.91 Å². The molecule has 0 heterocycles. The topological polar surface area (TPSA) is 38.3 Å². The van der Waals surface area contributed by atoms with Crippen LogP contribution in [0.25, 0.3) is 6.08 Å². The number of benzene rings is 2. The van der Waals surface area contributed by atoms with E-state index in [-0.39, 0.29) is 5.91 Å². The first-order valence-corrected chi connectivity index (χ1v) is 7.84. The van der Waals surface area contributed by atoms with Crippen molar-refractivity contribution in [1.82, 2.24) is 0 Å². The van der Waals surface area contributed by atoms with E-state index in [0.29, 0.717) is 0 Å². The average molecular weight is 360 g/mol. The molecule has 4 heteroatoms. The lowest BCUT2D eigenvalue weighted by atomic mass is 10.1. The molecule has 22 heavy (non-hydrogen) atoms. The molecule has 0 aliphatic rings. The van der Waals surface area contributed by atoms with Gasteiger partial charge in [0, 0.05) is 11.8 Å². The number of methoxy groups -OCH3 is 1. The summed E-state index contributed by atoms with van der Waals surface area (Å²) in [4.78, 5) is 12.0. The van der Waals surface area contributed by atoms with E-state index in [4.69, 9.17) is 4.74 Å². The maximum atomic E-state index is 12.0. The van der Waals surface area contributed by atoms with Gasteiger partial charge in [-0.2, -0.15) is 0 Å². The summed E-state index contributed by atoms with van der Waals surface area (Å²) in [6, 6.07) is 13.5. The molecule has 0 spiro atoms. The Balaban J connectivity index is 2.07. The first kappa shape index (κ1) is 16.3. The number of anilines is 1. The Kier molecular flexibility index (Phi) is 5.78. The van der Waals surface area contributed by atoms with Gasteiger partial charge < -0.3 is 10.1 Å². The highest BCUT2D eigenvalue weighted by Gasteiger charge is 2.03. The van der Waals surface area contributed by atoms with Gasteiger partial charge in [0.1, 0.15) is 5.75 Å². The van der Waals surface area contributed by atoms with Crippen LogP contribution in [0.2, 0.25) is 0 Å². The van der Waals surface area contributed by atoms with Crippen LogP contribution in [-0.2, 0) is 11.2 Å². The van der Waals surface area contributed by atoms with E-state index in [1.54, 1.807) is 13.2 Å². The number of ether oxygens (including phenoxy) is 1. The Bertz CT molecular complexity index is 695. The highest BCUT2D eigenvalue weighted by Crippen LogP contribution is 2.26. The predicted octanol–water partition coefficient (Wildman–Crippen LogP) is 4.67. The number of carbonyl (C=O) groups is 1. The maximum absolute atomic E-state index is 12.0. The van der Waals surface area contributed by atoms with Crippen molar-refractivity contribution in [1.29, 1.82) is 0 Å². The van der Waals surface area contributed by atoms with Gasteiger partial charge >= 0.3 is 0 Å². The van der Waals surface area contributed by atoms with Crippen molar-refractivity contribution in [3.8, 4) is 5.75 Å². The zero-order chi connectivity index (χ0) is 15.9. The molecule has 0 unspecified atom stereocenters. The fraction of sp³-hybridized carbons (Fsp3) is 0.167. The maximum Gasteiger partial charge on any atom is 0.248 e. The molecule has 0 atom stereocenters. The molecule has 0 radical (unpaired) electrons. The predicted molar refractivity (Wildman–Crippen MR) is 94.2 cm³/mol. The molecule has 0 saturated carbocycles. The summed E-state index contributed by atoms with van der Waals surface area (Å²) in [5.41, 5.74) is 2.90. The molecule has 3 nitrogen and oxygen atoms in total. The number of amides is 1. The van der Waals surface area contributed by atoms with Gasteiger partial charge in [0.05, 0.1) is 11.6 Å². The summed E-state index contributed by atoms with van der Waals surface area (Å²) >= 11 is 3.43. The van der Waals surface area contributed by atoms with Crippen LogP contribution in [-0.4, -0.2) is 13.0 Å². The summed E-state index contributed by atoms with van der Waals surface area (Å²) in [7, 11) is 1.62. The molecule has 0 fully saturated rings. The van der Waals surface area contributed by atoms with Crippen LogP contribution in [0.5, 0.6) is 5.75 Å². The number of carbonyl (C=O) groups excluding carboxylic acids is 1. The Morgan fingerprint density at radius 3 is 2.73 bits per heavy atom. The van der Waals surface area contributed by atoms with Crippen LogP contribution in [0.15, 0.2) is 53.0 Å². The number of nitrogens with one attached hydrogen (secondary N) is 1. The lowest BCUT2D eigenvalue weighted by molar-refractivity contribution is -0.111. The molecule has 0 aromatic heterocycles. The van der Waals surface area contributed by atoms with Gasteiger partial charge in [-0.15, -0.1) is 0 Å². The zero-order valence-electron chi connectivity index (χ0n) is 12.6. The number of halogens is 1. The lowest BCUT2D eigenvalue weighted by Crippen LogP contribution is -2.09. The Morgan fingerprint density at radius 2 is 2.05 bits per heavy atom. The monoisotopic (exact) mass is 359 g/mol. The fourth-order valence-electron chi connectivity index (χ4n) is 2.08. The first-order chi connectivity index (χ1) is 10.6. The molecular weight excluding hydrogens is 342 g/mol. The van der Waals surface area contributed by atoms with Crippen LogP contribution in [0.1, 0.15) is 18.1 Å². The molecule has 2 rings (SSSR count). The van der Waals surface area contributed by atoms with Crippen LogP contribution in [0.3, 0.4) is 0 Å². The van der Waals surface area contributed by atoms with E-state index in [0.717, 1.165) is 33.5 Å². The quantitative estimate of drug-likeness (QED) is 0.787. The van der Waals surface area contributed by atoms with Crippen molar-refractivity contribution in [2.24, 2.45) is 0 Å². The standard InChI is InChI=1S/C18H18BrNO2/c1-3-14-6-4-5-7-16(14)20-18(21)11-9-13-8-10-17(22-2)15(19)12-13/h4-12H,3H2,1-2H3,(H,20,21)/b11-9+. The zero-order valence-corrected chi connectivity index (χ0v) is 14.2. The Morgan fingerprint density at radius 1 is 1.27 bits per heavy atom. The molecule has 1 N–H and O–H groups in total. The van der Waals surface area contributed by atoms with Crippen LogP contribution in [0, 0.1) is 0 Å². The van der Waals surface area contributed by atoms with Gasteiger partial charge in [0.15, 0.2) is 0 Å². The molecule has 114 valence electrons. The second-order valence-electron chi connectivity index (χ2n) is 4.73. The largest absolute Gasteiger partial charge is 0.496 e. The van der Waals surface area contributed by atoms with E-state index < -0.39 is 0 Å². The smallest absolute Gasteiger partial charge is 0.248 e. The molecule has 0 bridgehead atoms. The fourth-order valence-corrected chi connectivity index (χ4v) is 2.64. The van der Waals surface area contributed by atoms with Gasteiger partial charge in [-0.25, -0.2) is 0 Å². The SMILES string of the molecule is CCc1ccccc1NC(=O)/C=C/c1ccc(OC)c(Br)c1. The Labute approximate surface area is 139 Å². The van der Waals surface area contributed by atoms with Gasteiger partial charge in [-0.05, 0) is 57.8 Å². The second-order valence-corrected chi connectivity index (χ2v) is 5.58. The average Bonchev–Trinajstić information content (AvgIpc) is 2.53. The highest BCUT2D eigenvalue weighted by molar-refractivity contribution is 9.10. The van der Waals surface area contributed by atoms with E-state index in [1.165, 1.54) is 6.08 Å². The number of aryl methyl sites for hydroxylation is 1. The molecular formula is C18H18BrNO2. The number of hydrogen-bond acceptors (Lipinski definition) is 2. The summed E-state index contributed by atoms with van der Waals surface area (Å²) in [5.74, 6) is 0.617. The van der Waals surface area contributed by atoms with Crippen molar-refractivity contribution in [2.45, 2.75) is 13.3 Å². The molecule has 0 aliphatic carbocycles. The first-order valence-electron chi connectivity index (χ1n) is 7.04. The van der Waals surface area contributed by atoms with Crippen molar-refractivity contribution >= 4 is 33.6 Å². The molecule has 0 saturated heterocycles. The minimum absolute atomic E-state index is 0.146. The number of hydrogen-bond donors (Lipinski definition) is 1. The minimum Gasteiger partial charge on any atom is -0.496 e. The highest BCUT2D eigenvalue weighted by atomic mass is 79.9. The molecule has 1 amide bonds. The van der Waals surface area contributed by atoms with Crippen LogP contribution >= 0.6 is 15.9 Å². The molecule has 2 aromatic carbocycles. The number of para-hydroxylation sites is 1. The van der Waals surface area contributed by atoms with Gasteiger partial charge in [-0.3, -0.25) is 4.79 Å². The van der Waals surface area contributed by atoms with Crippen molar-refractivity contribution in [3.05, 3.63) is 64.1 Å². The lowest BCUT2D eigenvalue weighted by Gasteiger charge is -2.07. The third-order valence-corrected chi connectivity index (χ3v) is 3.88. The van der Waals surface area contributed by atoms with Crippen LogP contribution < -0.4 is 10.1 Å². The van der Waals surface area contributed by atoms with E-state index in [9.17, 15) is 4.79 Å². The second kappa shape index (κ2) is 7.80. The van der Waals surface area contributed by atoms with E-state index >= 15 is 0 Å². The van der Waals surface area contributed by atoms with Crippen molar-refractivity contribution < 1.29 is 9.53 Å². The van der Waals surface area contributed by atoms with E-state index in [1.807, 2.05) is 42.5 Å². The van der Waals surface area contributed by atoms with Crippen molar-refractivity contribution in [3.63, 3.8) is 0 Å². The third kappa shape index (κ3) is 4.21. The normalized spacial score (nSPS) is 10.7. The van der Waals surface area contributed by atoms with E-state index in [2.05, 4.69) is 28.2 Å². The summed E-state index contributed by atoms with van der Waals surface area (Å²) in [6.45, 7) is 2.07.